The fourth-order valence-corrected chi connectivity index (χ4v) is 0.772. The van der Waals surface area contributed by atoms with Gasteiger partial charge in [-0.3, -0.25) is 4.79 Å². The quantitative estimate of drug-likeness (QED) is 0.699. The number of halogens is 3. The Bertz CT molecular complexity index is 144. The number of hydrogen-bond acceptors (Lipinski definition) is 2. The molecule has 0 radical (unpaired) electrons. The van der Waals surface area contributed by atoms with Gasteiger partial charge in [-0.05, 0) is 13.5 Å². The molecule has 0 rings (SSSR count). The van der Waals surface area contributed by atoms with Gasteiger partial charge in [0.2, 0.25) is 0 Å². The maximum absolute atomic E-state index is 11.6. The fourth-order valence-electron chi connectivity index (χ4n) is 0.772. The number of carbonyl (C=O) groups is 1. The van der Waals surface area contributed by atoms with Gasteiger partial charge in [0.05, 0.1) is 6.54 Å². The van der Waals surface area contributed by atoms with Crippen molar-refractivity contribution in [2.24, 2.45) is 0 Å². The van der Waals surface area contributed by atoms with Crippen LogP contribution in [0.2, 0.25) is 0 Å². The minimum absolute atomic E-state index is 0.000347. The summed E-state index contributed by atoms with van der Waals surface area (Å²) in [6.45, 7) is 0.151. The molecule has 1 N–H and O–H groups in total. The van der Waals surface area contributed by atoms with E-state index in [0.29, 0.717) is 0 Å². The zero-order chi connectivity index (χ0) is 9.61. The van der Waals surface area contributed by atoms with E-state index in [1.54, 1.807) is 7.05 Å². The normalized spacial score (nSPS) is 11.7. The minimum atomic E-state index is -4.14. The molecule has 0 bridgehead atoms. The number of hydrogen-bond donors (Lipinski definition) is 1. The van der Waals surface area contributed by atoms with E-state index in [-0.39, 0.29) is 25.2 Å². The van der Waals surface area contributed by atoms with E-state index in [4.69, 9.17) is 0 Å². The summed E-state index contributed by atoms with van der Waals surface area (Å²) in [5.74, 6) is -0.179. The summed E-state index contributed by atoms with van der Waals surface area (Å²) in [6.07, 6.45) is -5.12. The van der Waals surface area contributed by atoms with Crippen molar-refractivity contribution in [1.82, 2.24) is 5.32 Å². The van der Waals surface area contributed by atoms with Crippen LogP contribution >= 0.6 is 0 Å². The number of rotatable bonds is 5. The highest BCUT2D eigenvalue weighted by atomic mass is 19.4. The molecule has 0 aliphatic rings. The van der Waals surface area contributed by atoms with Gasteiger partial charge in [-0.1, -0.05) is 0 Å². The molecular weight excluding hydrogens is 171 g/mol. The van der Waals surface area contributed by atoms with Crippen molar-refractivity contribution in [3.8, 4) is 0 Å². The molecule has 0 heterocycles. The lowest BCUT2D eigenvalue weighted by atomic mass is 10.2. The maximum Gasteiger partial charge on any atom is 0.389 e. The second-order valence-corrected chi connectivity index (χ2v) is 2.54. The molecule has 0 saturated carbocycles. The van der Waals surface area contributed by atoms with E-state index in [1.807, 2.05) is 0 Å². The van der Waals surface area contributed by atoms with Crippen LogP contribution in [0.3, 0.4) is 0 Å². The second kappa shape index (κ2) is 5.13. The number of ketones is 1. The van der Waals surface area contributed by atoms with E-state index < -0.39 is 12.6 Å². The van der Waals surface area contributed by atoms with Crippen molar-refractivity contribution in [2.75, 3.05) is 13.6 Å². The van der Waals surface area contributed by atoms with Crippen LogP contribution in [-0.4, -0.2) is 25.6 Å². The van der Waals surface area contributed by atoms with Gasteiger partial charge in [0.1, 0.15) is 5.78 Å². The number of carbonyl (C=O) groups excluding carboxylic acids is 1. The molecule has 0 aliphatic carbocycles. The summed E-state index contributed by atoms with van der Waals surface area (Å²) in [5, 5.41) is 2.58. The molecule has 0 atom stereocenters. The van der Waals surface area contributed by atoms with Crippen LogP contribution in [0.5, 0.6) is 0 Å². The van der Waals surface area contributed by atoms with Crippen LogP contribution in [0.1, 0.15) is 19.3 Å². The molecule has 0 spiro atoms. The molecule has 0 fully saturated rings. The third-order valence-corrected chi connectivity index (χ3v) is 1.29. The Morgan fingerprint density at radius 2 is 2.00 bits per heavy atom. The number of alkyl halides is 3. The Morgan fingerprint density at radius 3 is 2.42 bits per heavy atom. The van der Waals surface area contributed by atoms with Crippen LogP contribution in [0, 0.1) is 0 Å². The molecule has 0 aromatic carbocycles. The average Bonchev–Trinajstić information content (AvgIpc) is 1.84. The van der Waals surface area contributed by atoms with Gasteiger partial charge < -0.3 is 5.32 Å². The lowest BCUT2D eigenvalue weighted by Crippen LogP contribution is -2.18. The van der Waals surface area contributed by atoms with Crippen molar-refractivity contribution < 1.29 is 18.0 Å². The molecule has 0 saturated heterocycles. The Labute approximate surface area is 69.1 Å². The Balaban J connectivity index is 3.37. The van der Waals surface area contributed by atoms with E-state index in [2.05, 4.69) is 5.32 Å². The Kier molecular flexibility index (Phi) is 4.89. The summed E-state index contributed by atoms with van der Waals surface area (Å²) in [5.41, 5.74) is 0. The average molecular weight is 183 g/mol. The fraction of sp³-hybridized carbons (Fsp3) is 0.857. The van der Waals surface area contributed by atoms with Gasteiger partial charge in [0, 0.05) is 12.8 Å². The molecule has 0 aromatic heterocycles. The highest BCUT2D eigenvalue weighted by molar-refractivity contribution is 5.80. The zero-order valence-electron chi connectivity index (χ0n) is 6.87. The molecule has 12 heavy (non-hydrogen) atoms. The van der Waals surface area contributed by atoms with E-state index >= 15 is 0 Å². The second-order valence-electron chi connectivity index (χ2n) is 2.54. The van der Waals surface area contributed by atoms with Crippen molar-refractivity contribution in [2.45, 2.75) is 25.4 Å². The SMILES string of the molecule is CNCC(=O)CCCC(F)(F)F. The van der Waals surface area contributed by atoms with E-state index in [9.17, 15) is 18.0 Å². The van der Waals surface area contributed by atoms with Crippen molar-refractivity contribution in [3.05, 3.63) is 0 Å². The van der Waals surface area contributed by atoms with E-state index in [0.717, 1.165) is 0 Å². The van der Waals surface area contributed by atoms with Gasteiger partial charge in [0.25, 0.3) is 0 Å². The maximum atomic E-state index is 11.6. The molecule has 0 amide bonds. The molecule has 72 valence electrons. The smallest absolute Gasteiger partial charge is 0.313 e. The highest BCUT2D eigenvalue weighted by Gasteiger charge is 2.26. The number of likely N-dealkylation sites (N-methyl/N-ethyl adjacent to an activating group) is 1. The summed E-state index contributed by atoms with van der Waals surface area (Å²) in [7, 11) is 1.58. The number of nitrogens with one attached hydrogen (secondary N) is 1. The molecule has 0 aromatic rings. The van der Waals surface area contributed by atoms with Crippen LogP contribution in [0.15, 0.2) is 0 Å². The zero-order valence-corrected chi connectivity index (χ0v) is 6.87. The van der Waals surface area contributed by atoms with E-state index in [1.165, 1.54) is 0 Å². The summed E-state index contributed by atoms with van der Waals surface area (Å²) in [6, 6.07) is 0. The Morgan fingerprint density at radius 1 is 1.42 bits per heavy atom. The third kappa shape index (κ3) is 7.53. The van der Waals surface area contributed by atoms with Crippen molar-refractivity contribution >= 4 is 5.78 Å². The standard InChI is InChI=1S/C7H12F3NO/c1-11-5-6(12)3-2-4-7(8,9)10/h11H,2-5H2,1H3. The summed E-state index contributed by atoms with van der Waals surface area (Å²) < 4.78 is 34.7. The molecule has 0 unspecified atom stereocenters. The van der Waals surface area contributed by atoms with Crippen LogP contribution in [0.4, 0.5) is 13.2 Å². The van der Waals surface area contributed by atoms with Gasteiger partial charge in [0.15, 0.2) is 0 Å². The molecule has 5 heteroatoms. The first kappa shape index (κ1) is 11.4. The first-order valence-electron chi connectivity index (χ1n) is 3.69. The first-order chi connectivity index (χ1) is 5.45. The summed E-state index contributed by atoms with van der Waals surface area (Å²) in [4.78, 5) is 10.7. The van der Waals surface area contributed by atoms with Gasteiger partial charge in [-0.2, -0.15) is 13.2 Å². The minimum Gasteiger partial charge on any atom is -0.313 e. The Hall–Kier alpha value is -0.580. The number of Topliss-reactive ketones (excluding diaryl/α,β-unsaturated/α-hetero) is 1. The predicted molar refractivity (Wildman–Crippen MR) is 38.8 cm³/mol. The van der Waals surface area contributed by atoms with Crippen molar-refractivity contribution in [3.63, 3.8) is 0 Å². The van der Waals surface area contributed by atoms with Crippen LogP contribution in [-0.2, 0) is 4.79 Å². The molecule has 0 aliphatic heterocycles. The van der Waals surface area contributed by atoms with Gasteiger partial charge in [-0.15, -0.1) is 0 Å². The lowest BCUT2D eigenvalue weighted by Gasteiger charge is -2.04. The van der Waals surface area contributed by atoms with Gasteiger partial charge in [-0.25, -0.2) is 0 Å². The molecular formula is C7H12F3NO. The molecule has 2 nitrogen and oxygen atoms in total. The van der Waals surface area contributed by atoms with Gasteiger partial charge >= 0.3 is 6.18 Å². The van der Waals surface area contributed by atoms with Crippen LogP contribution < -0.4 is 5.32 Å². The lowest BCUT2D eigenvalue weighted by molar-refractivity contribution is -0.136. The largest absolute Gasteiger partial charge is 0.389 e. The van der Waals surface area contributed by atoms with Crippen LogP contribution in [0.25, 0.3) is 0 Å². The predicted octanol–water partition coefficient (Wildman–Crippen LogP) is 1.51. The first-order valence-corrected chi connectivity index (χ1v) is 3.69. The highest BCUT2D eigenvalue weighted by Crippen LogP contribution is 2.21. The summed E-state index contributed by atoms with van der Waals surface area (Å²) >= 11 is 0. The topological polar surface area (TPSA) is 29.1 Å². The monoisotopic (exact) mass is 183 g/mol. The van der Waals surface area contributed by atoms with Crippen molar-refractivity contribution in [1.29, 1.82) is 0 Å². The third-order valence-electron chi connectivity index (χ3n) is 1.29.